The molecule has 0 bridgehead atoms. The van der Waals surface area contributed by atoms with Crippen molar-refractivity contribution in [1.82, 2.24) is 0 Å². The van der Waals surface area contributed by atoms with Crippen molar-refractivity contribution >= 4 is 0 Å². The number of hydrogen-bond acceptors (Lipinski definition) is 2. The van der Waals surface area contributed by atoms with Crippen molar-refractivity contribution in [2.75, 3.05) is 6.61 Å². The van der Waals surface area contributed by atoms with Gasteiger partial charge in [-0.25, -0.2) is 0 Å². The standard InChI is InChI=1S/C11H17NO/c1-9(2)11(12)8-13-10-6-4-3-5-7-10/h3-7,9,11H,8,12H2,1-2H3/t11-/m1/s1. The third kappa shape index (κ3) is 3.47. The van der Waals surface area contributed by atoms with Gasteiger partial charge in [0.1, 0.15) is 12.4 Å². The topological polar surface area (TPSA) is 35.2 Å². The lowest BCUT2D eigenvalue weighted by Gasteiger charge is -2.16. The Balaban J connectivity index is 2.35. The molecule has 0 aliphatic carbocycles. The molecule has 0 unspecified atom stereocenters. The van der Waals surface area contributed by atoms with Gasteiger partial charge in [-0.15, -0.1) is 0 Å². The SMILES string of the molecule is CC(C)[C@H](N)COc1ccccc1. The molecule has 1 rings (SSSR count). The highest BCUT2D eigenvalue weighted by molar-refractivity contribution is 5.20. The molecule has 1 aromatic rings. The summed E-state index contributed by atoms with van der Waals surface area (Å²) in [6, 6.07) is 9.86. The first kappa shape index (κ1) is 10.1. The number of ether oxygens (including phenoxy) is 1. The van der Waals surface area contributed by atoms with Crippen LogP contribution in [0, 0.1) is 5.92 Å². The molecule has 13 heavy (non-hydrogen) atoms. The minimum absolute atomic E-state index is 0.111. The number of hydrogen-bond donors (Lipinski definition) is 1. The number of para-hydroxylation sites is 1. The zero-order valence-electron chi connectivity index (χ0n) is 8.23. The van der Waals surface area contributed by atoms with Crippen LogP contribution >= 0.6 is 0 Å². The van der Waals surface area contributed by atoms with Crippen LogP contribution < -0.4 is 10.5 Å². The van der Waals surface area contributed by atoms with Gasteiger partial charge < -0.3 is 10.5 Å². The first-order valence-electron chi connectivity index (χ1n) is 4.63. The molecular weight excluding hydrogens is 162 g/mol. The lowest BCUT2D eigenvalue weighted by molar-refractivity contribution is 0.259. The quantitative estimate of drug-likeness (QED) is 0.767. The van der Waals surface area contributed by atoms with Crippen LogP contribution in [0.15, 0.2) is 30.3 Å². The van der Waals surface area contributed by atoms with Crippen LogP contribution in [0.25, 0.3) is 0 Å². The summed E-state index contributed by atoms with van der Waals surface area (Å²) in [4.78, 5) is 0. The predicted octanol–water partition coefficient (Wildman–Crippen LogP) is 2.05. The first-order chi connectivity index (χ1) is 6.20. The molecule has 0 fully saturated rings. The van der Waals surface area contributed by atoms with Crippen LogP contribution in [0.4, 0.5) is 0 Å². The van der Waals surface area contributed by atoms with Gasteiger partial charge in [-0.2, -0.15) is 0 Å². The van der Waals surface area contributed by atoms with E-state index >= 15 is 0 Å². The molecule has 0 spiro atoms. The molecule has 0 radical (unpaired) electrons. The summed E-state index contributed by atoms with van der Waals surface area (Å²) >= 11 is 0. The van der Waals surface area contributed by atoms with Crippen molar-refractivity contribution in [3.05, 3.63) is 30.3 Å². The second kappa shape index (κ2) is 4.87. The molecule has 0 amide bonds. The molecule has 2 heteroatoms. The Morgan fingerprint density at radius 1 is 1.23 bits per heavy atom. The van der Waals surface area contributed by atoms with Crippen LogP contribution in [-0.2, 0) is 0 Å². The molecule has 1 aromatic carbocycles. The number of rotatable bonds is 4. The molecule has 72 valence electrons. The Hall–Kier alpha value is -1.02. The van der Waals surface area contributed by atoms with E-state index in [9.17, 15) is 0 Å². The summed E-state index contributed by atoms with van der Waals surface area (Å²) in [6.45, 7) is 4.78. The Kier molecular flexibility index (Phi) is 3.77. The highest BCUT2D eigenvalue weighted by atomic mass is 16.5. The van der Waals surface area contributed by atoms with E-state index in [1.807, 2.05) is 30.3 Å². The van der Waals surface area contributed by atoms with Crippen LogP contribution in [0.3, 0.4) is 0 Å². The molecule has 0 heterocycles. The minimum Gasteiger partial charge on any atom is -0.492 e. The average Bonchev–Trinajstić information content (AvgIpc) is 2.15. The van der Waals surface area contributed by atoms with E-state index in [0.717, 1.165) is 5.75 Å². The highest BCUT2D eigenvalue weighted by Crippen LogP contribution is 2.09. The first-order valence-corrected chi connectivity index (χ1v) is 4.63. The second-order valence-corrected chi connectivity index (χ2v) is 3.53. The molecule has 0 aromatic heterocycles. The van der Waals surface area contributed by atoms with E-state index < -0.39 is 0 Å². The van der Waals surface area contributed by atoms with Gasteiger partial charge in [0.25, 0.3) is 0 Å². The van der Waals surface area contributed by atoms with Gasteiger partial charge in [0.05, 0.1) is 0 Å². The van der Waals surface area contributed by atoms with Crippen LogP contribution in [-0.4, -0.2) is 12.6 Å². The molecule has 2 nitrogen and oxygen atoms in total. The fourth-order valence-corrected chi connectivity index (χ4v) is 0.902. The summed E-state index contributed by atoms with van der Waals surface area (Å²) in [7, 11) is 0. The predicted molar refractivity (Wildman–Crippen MR) is 54.8 cm³/mol. The summed E-state index contributed by atoms with van der Waals surface area (Å²) in [5, 5.41) is 0. The highest BCUT2D eigenvalue weighted by Gasteiger charge is 2.07. The van der Waals surface area contributed by atoms with Crippen molar-refractivity contribution in [1.29, 1.82) is 0 Å². The van der Waals surface area contributed by atoms with Gasteiger partial charge in [0.15, 0.2) is 0 Å². The van der Waals surface area contributed by atoms with Gasteiger partial charge in [-0.05, 0) is 18.1 Å². The zero-order chi connectivity index (χ0) is 9.68. The Morgan fingerprint density at radius 3 is 2.38 bits per heavy atom. The summed E-state index contributed by atoms with van der Waals surface area (Å²) < 4.78 is 5.50. The number of nitrogens with two attached hydrogens (primary N) is 1. The van der Waals surface area contributed by atoms with Crippen molar-refractivity contribution < 1.29 is 4.74 Å². The Labute approximate surface area is 79.7 Å². The summed E-state index contributed by atoms with van der Waals surface area (Å²) in [5.74, 6) is 1.35. The van der Waals surface area contributed by atoms with Gasteiger partial charge in [0.2, 0.25) is 0 Å². The molecule has 2 N–H and O–H groups in total. The second-order valence-electron chi connectivity index (χ2n) is 3.53. The van der Waals surface area contributed by atoms with Crippen molar-refractivity contribution in [2.24, 2.45) is 11.7 Å². The third-order valence-corrected chi connectivity index (χ3v) is 2.04. The largest absolute Gasteiger partial charge is 0.492 e. The van der Waals surface area contributed by atoms with Gasteiger partial charge >= 0.3 is 0 Å². The fraction of sp³-hybridized carbons (Fsp3) is 0.455. The normalized spacial score (nSPS) is 12.9. The van der Waals surface area contributed by atoms with Gasteiger partial charge in [-0.3, -0.25) is 0 Å². The zero-order valence-corrected chi connectivity index (χ0v) is 8.23. The van der Waals surface area contributed by atoms with E-state index in [2.05, 4.69) is 13.8 Å². The molecule has 0 saturated carbocycles. The van der Waals surface area contributed by atoms with E-state index in [1.54, 1.807) is 0 Å². The lowest BCUT2D eigenvalue weighted by Crippen LogP contribution is -2.32. The monoisotopic (exact) mass is 179 g/mol. The van der Waals surface area contributed by atoms with Crippen LogP contribution in [0.5, 0.6) is 5.75 Å². The van der Waals surface area contributed by atoms with Crippen LogP contribution in [0.2, 0.25) is 0 Å². The lowest BCUT2D eigenvalue weighted by atomic mass is 10.1. The molecular formula is C11H17NO. The maximum absolute atomic E-state index is 5.84. The Bertz CT molecular complexity index is 233. The smallest absolute Gasteiger partial charge is 0.119 e. The maximum Gasteiger partial charge on any atom is 0.119 e. The van der Waals surface area contributed by atoms with E-state index in [-0.39, 0.29) is 6.04 Å². The van der Waals surface area contributed by atoms with Crippen LogP contribution in [0.1, 0.15) is 13.8 Å². The maximum atomic E-state index is 5.84. The van der Waals surface area contributed by atoms with Crippen molar-refractivity contribution in [2.45, 2.75) is 19.9 Å². The molecule has 1 atom stereocenters. The van der Waals surface area contributed by atoms with E-state index in [4.69, 9.17) is 10.5 Å². The average molecular weight is 179 g/mol. The summed E-state index contributed by atoms with van der Waals surface area (Å²) in [6.07, 6.45) is 0. The van der Waals surface area contributed by atoms with Gasteiger partial charge in [0, 0.05) is 6.04 Å². The summed E-state index contributed by atoms with van der Waals surface area (Å²) in [5.41, 5.74) is 5.84. The molecule has 0 saturated heterocycles. The van der Waals surface area contributed by atoms with Crippen molar-refractivity contribution in [3.8, 4) is 5.75 Å². The minimum atomic E-state index is 0.111. The number of benzene rings is 1. The Morgan fingerprint density at radius 2 is 1.85 bits per heavy atom. The fourth-order valence-electron chi connectivity index (χ4n) is 0.902. The van der Waals surface area contributed by atoms with E-state index in [0.29, 0.717) is 12.5 Å². The van der Waals surface area contributed by atoms with E-state index in [1.165, 1.54) is 0 Å². The van der Waals surface area contributed by atoms with Crippen molar-refractivity contribution in [3.63, 3.8) is 0 Å². The third-order valence-electron chi connectivity index (χ3n) is 2.04. The molecule has 0 aliphatic rings. The van der Waals surface area contributed by atoms with Gasteiger partial charge in [-0.1, -0.05) is 32.0 Å². The molecule has 0 aliphatic heterocycles.